The minimum absolute atomic E-state index is 0.208. The number of allylic oxidation sites excluding steroid dienone is 3. The van der Waals surface area contributed by atoms with Gasteiger partial charge in [0.2, 0.25) is 0 Å². The molecule has 0 N–H and O–H groups in total. The summed E-state index contributed by atoms with van der Waals surface area (Å²) >= 11 is 0. The first-order valence-corrected chi connectivity index (χ1v) is 4.08. The van der Waals surface area contributed by atoms with Gasteiger partial charge in [-0.25, -0.2) is 0 Å². The molecule has 0 saturated carbocycles. The van der Waals surface area contributed by atoms with Crippen LogP contribution in [0.3, 0.4) is 0 Å². The van der Waals surface area contributed by atoms with E-state index in [0.29, 0.717) is 0 Å². The van der Waals surface area contributed by atoms with Crippen molar-refractivity contribution in [3.63, 3.8) is 0 Å². The molecule has 1 aliphatic rings. The first-order chi connectivity index (χ1) is 5.33. The molecule has 0 fully saturated rings. The van der Waals surface area contributed by atoms with Crippen LogP contribution in [-0.2, 0) is 4.79 Å². The van der Waals surface area contributed by atoms with Crippen molar-refractivity contribution < 1.29 is 4.79 Å². The molecule has 0 aliphatic heterocycles. The fraction of sp³-hybridized carbons (Fsp3) is 0.500. The van der Waals surface area contributed by atoms with Crippen LogP contribution in [0.25, 0.3) is 0 Å². The second-order valence-corrected chi connectivity index (χ2v) is 3.14. The lowest BCUT2D eigenvalue weighted by Gasteiger charge is -2.25. The van der Waals surface area contributed by atoms with Gasteiger partial charge in [-0.3, -0.25) is 0 Å². The zero-order valence-electron chi connectivity index (χ0n) is 6.75. The van der Waals surface area contributed by atoms with Crippen molar-refractivity contribution in [1.29, 1.82) is 0 Å². The molecule has 1 heteroatoms. The third-order valence-corrected chi connectivity index (χ3v) is 2.22. The number of carbonyl (C=O) groups is 1. The third kappa shape index (κ3) is 1.79. The van der Waals surface area contributed by atoms with E-state index in [2.05, 4.69) is 12.7 Å². The summed E-state index contributed by atoms with van der Waals surface area (Å²) in [5, 5.41) is 0. The van der Waals surface area contributed by atoms with Crippen LogP contribution < -0.4 is 0 Å². The van der Waals surface area contributed by atoms with Crippen LogP contribution in [0.5, 0.6) is 0 Å². The number of rotatable bonds is 3. The molecule has 0 saturated heterocycles. The van der Waals surface area contributed by atoms with Gasteiger partial charge >= 0.3 is 0 Å². The highest BCUT2D eigenvalue weighted by molar-refractivity contribution is 5.63. The first-order valence-electron chi connectivity index (χ1n) is 4.08. The fourth-order valence-electron chi connectivity index (χ4n) is 1.54. The van der Waals surface area contributed by atoms with Crippen LogP contribution in [0.15, 0.2) is 24.8 Å². The zero-order valence-corrected chi connectivity index (χ0v) is 6.75. The van der Waals surface area contributed by atoms with Gasteiger partial charge in [0, 0.05) is 5.41 Å². The van der Waals surface area contributed by atoms with E-state index in [4.69, 9.17) is 0 Å². The molecule has 0 radical (unpaired) electrons. The molecule has 1 rings (SSSR count). The quantitative estimate of drug-likeness (QED) is 0.446. The van der Waals surface area contributed by atoms with Crippen LogP contribution >= 0.6 is 0 Å². The highest BCUT2D eigenvalue weighted by Gasteiger charge is 2.25. The number of hydrogen-bond donors (Lipinski definition) is 0. The largest absolute Gasteiger partial charge is 0.302 e. The van der Waals surface area contributed by atoms with E-state index < -0.39 is 0 Å². The van der Waals surface area contributed by atoms with E-state index in [-0.39, 0.29) is 5.41 Å². The molecule has 1 nitrogen and oxygen atoms in total. The predicted molar refractivity (Wildman–Crippen MR) is 46.3 cm³/mol. The van der Waals surface area contributed by atoms with E-state index in [9.17, 15) is 4.79 Å². The standard InChI is InChI=1S/C10H14O/c1-2-6-10(9-11)7-4-3-5-8-10/h2,4,7,9H,1,3,5-6,8H2. The molecule has 0 amide bonds. The Morgan fingerprint density at radius 3 is 2.91 bits per heavy atom. The molecule has 1 unspecified atom stereocenters. The van der Waals surface area contributed by atoms with Gasteiger partial charge in [-0.1, -0.05) is 18.2 Å². The van der Waals surface area contributed by atoms with Crippen molar-refractivity contribution in [3.05, 3.63) is 24.8 Å². The molecule has 0 heterocycles. The molecule has 1 atom stereocenters. The van der Waals surface area contributed by atoms with E-state index in [1.807, 2.05) is 12.2 Å². The lowest BCUT2D eigenvalue weighted by Crippen LogP contribution is -2.20. The van der Waals surface area contributed by atoms with Crippen LogP contribution in [0.2, 0.25) is 0 Å². The Labute approximate surface area is 67.8 Å². The number of aldehydes is 1. The average molecular weight is 150 g/mol. The second kappa shape index (κ2) is 3.51. The van der Waals surface area contributed by atoms with Crippen LogP contribution in [0.4, 0.5) is 0 Å². The topological polar surface area (TPSA) is 17.1 Å². The van der Waals surface area contributed by atoms with Crippen LogP contribution in [0, 0.1) is 5.41 Å². The van der Waals surface area contributed by atoms with Crippen molar-refractivity contribution in [2.45, 2.75) is 25.7 Å². The van der Waals surface area contributed by atoms with Gasteiger partial charge in [-0.05, 0) is 25.7 Å². The molecule has 0 aromatic rings. The highest BCUT2D eigenvalue weighted by atomic mass is 16.1. The van der Waals surface area contributed by atoms with Gasteiger partial charge in [0.25, 0.3) is 0 Å². The molecule has 0 aromatic carbocycles. The molecular formula is C10H14O. The summed E-state index contributed by atoms with van der Waals surface area (Å²) < 4.78 is 0. The van der Waals surface area contributed by atoms with Gasteiger partial charge in [0.05, 0.1) is 0 Å². The summed E-state index contributed by atoms with van der Waals surface area (Å²) in [7, 11) is 0. The predicted octanol–water partition coefficient (Wildman–Crippen LogP) is 2.49. The molecule has 1 aliphatic carbocycles. The molecule has 0 spiro atoms. The molecular weight excluding hydrogens is 136 g/mol. The summed E-state index contributed by atoms with van der Waals surface area (Å²) in [5.41, 5.74) is -0.208. The van der Waals surface area contributed by atoms with Crippen molar-refractivity contribution in [1.82, 2.24) is 0 Å². The number of carbonyl (C=O) groups excluding carboxylic acids is 1. The van der Waals surface area contributed by atoms with Crippen molar-refractivity contribution in [2.24, 2.45) is 5.41 Å². The monoisotopic (exact) mass is 150 g/mol. The SMILES string of the molecule is C=CCC1(C=O)C=CCCC1. The Morgan fingerprint density at radius 1 is 1.64 bits per heavy atom. The van der Waals surface area contributed by atoms with Gasteiger partial charge in [0.15, 0.2) is 0 Å². The lowest BCUT2D eigenvalue weighted by molar-refractivity contribution is -0.114. The van der Waals surface area contributed by atoms with E-state index in [1.165, 1.54) is 0 Å². The average Bonchev–Trinajstić information content (AvgIpc) is 2.07. The van der Waals surface area contributed by atoms with Crippen molar-refractivity contribution >= 4 is 6.29 Å². The Hall–Kier alpha value is -0.850. The Kier molecular flexibility index (Phi) is 2.64. The molecule has 0 aromatic heterocycles. The Morgan fingerprint density at radius 2 is 2.45 bits per heavy atom. The lowest BCUT2D eigenvalue weighted by atomic mass is 9.78. The van der Waals surface area contributed by atoms with E-state index in [1.54, 1.807) is 0 Å². The summed E-state index contributed by atoms with van der Waals surface area (Å²) in [6.07, 6.45) is 11.0. The minimum Gasteiger partial charge on any atom is -0.302 e. The highest BCUT2D eigenvalue weighted by Crippen LogP contribution is 2.32. The van der Waals surface area contributed by atoms with Gasteiger partial charge < -0.3 is 4.79 Å². The molecule has 11 heavy (non-hydrogen) atoms. The summed E-state index contributed by atoms with van der Waals surface area (Å²) in [6.45, 7) is 3.65. The second-order valence-electron chi connectivity index (χ2n) is 3.14. The van der Waals surface area contributed by atoms with Gasteiger partial charge in [-0.15, -0.1) is 6.58 Å². The summed E-state index contributed by atoms with van der Waals surface area (Å²) in [6, 6.07) is 0. The maximum atomic E-state index is 10.8. The van der Waals surface area contributed by atoms with Crippen LogP contribution in [-0.4, -0.2) is 6.29 Å². The summed E-state index contributed by atoms with van der Waals surface area (Å²) in [5.74, 6) is 0. The smallest absolute Gasteiger partial charge is 0.130 e. The maximum Gasteiger partial charge on any atom is 0.130 e. The van der Waals surface area contributed by atoms with E-state index >= 15 is 0 Å². The normalized spacial score (nSPS) is 29.8. The zero-order chi connectivity index (χ0) is 8.16. The fourth-order valence-corrected chi connectivity index (χ4v) is 1.54. The van der Waals surface area contributed by atoms with Crippen LogP contribution in [0.1, 0.15) is 25.7 Å². The third-order valence-electron chi connectivity index (χ3n) is 2.22. The van der Waals surface area contributed by atoms with E-state index in [0.717, 1.165) is 32.0 Å². The van der Waals surface area contributed by atoms with Crippen molar-refractivity contribution in [2.75, 3.05) is 0 Å². The minimum atomic E-state index is -0.208. The maximum absolute atomic E-state index is 10.8. The van der Waals surface area contributed by atoms with Gasteiger partial charge in [-0.2, -0.15) is 0 Å². The Bertz CT molecular complexity index is 181. The molecule has 60 valence electrons. The van der Waals surface area contributed by atoms with Crippen molar-refractivity contribution in [3.8, 4) is 0 Å². The van der Waals surface area contributed by atoms with Gasteiger partial charge in [0.1, 0.15) is 6.29 Å². The summed E-state index contributed by atoms with van der Waals surface area (Å²) in [4.78, 5) is 10.8. The number of hydrogen-bond acceptors (Lipinski definition) is 1. The first kappa shape index (κ1) is 8.25. The molecule has 0 bridgehead atoms. The Balaban J connectivity index is 2.71.